The van der Waals surface area contributed by atoms with Crippen LogP contribution < -0.4 is 5.73 Å². The minimum atomic E-state index is -0.778. The number of nitrogens with zero attached hydrogens (tertiary/aromatic N) is 1. The van der Waals surface area contributed by atoms with Gasteiger partial charge in [-0.05, 0) is 0 Å². The summed E-state index contributed by atoms with van der Waals surface area (Å²) in [4.78, 5) is 15.3. The number of hydrogen-bond acceptors (Lipinski definition) is 5. The van der Waals surface area contributed by atoms with Crippen LogP contribution in [0, 0.1) is 0 Å². The largest absolute Gasteiger partial charge is 0.468 e. The Morgan fingerprint density at radius 1 is 1.92 bits per heavy atom. The van der Waals surface area contributed by atoms with Crippen molar-refractivity contribution in [2.75, 3.05) is 7.11 Å². The average Bonchev–Trinajstić information content (AvgIpc) is 2.49. The predicted octanol–water partition coefficient (Wildman–Crippen LogP) is 0.969. The molecule has 0 aromatic carbocycles. The molecule has 0 saturated carbocycles. The molecule has 1 rings (SSSR count). The van der Waals surface area contributed by atoms with Gasteiger partial charge in [-0.2, -0.15) is 0 Å². The van der Waals surface area contributed by atoms with Gasteiger partial charge in [0.15, 0.2) is 4.47 Å². The van der Waals surface area contributed by atoms with Crippen LogP contribution in [0.4, 0.5) is 0 Å². The minimum absolute atomic E-state index is 0.365. The topological polar surface area (TPSA) is 65.2 Å². The number of rotatable bonds is 2. The second kappa shape index (κ2) is 3.84. The number of ether oxygens (including phenoxy) is 1. The molecular weight excluding hydrogens is 200 g/mol. The van der Waals surface area contributed by atoms with Crippen LogP contribution in [0.2, 0.25) is 4.47 Å². The number of esters is 1. The second-order valence-corrected chi connectivity index (χ2v) is 3.66. The van der Waals surface area contributed by atoms with Gasteiger partial charge in [0.2, 0.25) is 0 Å². The first-order valence-corrected chi connectivity index (χ1v) is 4.29. The molecule has 0 fully saturated rings. The highest BCUT2D eigenvalue weighted by molar-refractivity contribution is 7.15. The molecule has 6 heteroatoms. The monoisotopic (exact) mass is 206 g/mol. The third kappa shape index (κ3) is 1.94. The summed E-state index contributed by atoms with van der Waals surface area (Å²) in [5.74, 6) is -0.490. The van der Waals surface area contributed by atoms with Crippen LogP contribution >= 0.6 is 22.9 Å². The van der Waals surface area contributed by atoms with Gasteiger partial charge in [-0.25, -0.2) is 9.78 Å². The summed E-state index contributed by atoms with van der Waals surface area (Å²) in [7, 11) is 1.28. The van der Waals surface area contributed by atoms with E-state index in [2.05, 4.69) is 9.72 Å². The summed E-state index contributed by atoms with van der Waals surface area (Å²) < 4.78 is 4.81. The molecule has 66 valence electrons. The molecule has 0 aliphatic carbocycles. The van der Waals surface area contributed by atoms with Crippen LogP contribution in [-0.2, 0) is 9.53 Å². The lowest BCUT2D eigenvalue weighted by Gasteiger charge is -2.04. The van der Waals surface area contributed by atoms with E-state index < -0.39 is 12.0 Å². The predicted molar refractivity (Wildman–Crippen MR) is 46.1 cm³/mol. The van der Waals surface area contributed by atoms with Crippen molar-refractivity contribution in [3.63, 3.8) is 0 Å². The van der Waals surface area contributed by atoms with Crippen LogP contribution in [0.1, 0.15) is 10.9 Å². The van der Waals surface area contributed by atoms with Crippen molar-refractivity contribution in [1.82, 2.24) is 4.98 Å². The Balaban J connectivity index is 2.77. The molecule has 0 radical (unpaired) electrons. The number of nitrogens with two attached hydrogens (primary N) is 1. The zero-order valence-electron chi connectivity index (χ0n) is 6.28. The first-order valence-electron chi connectivity index (χ1n) is 3.09. The van der Waals surface area contributed by atoms with E-state index in [4.69, 9.17) is 17.3 Å². The van der Waals surface area contributed by atoms with Gasteiger partial charge in [0, 0.05) is 6.20 Å². The summed E-state index contributed by atoms with van der Waals surface area (Å²) in [6, 6.07) is -0.778. The van der Waals surface area contributed by atoms with Gasteiger partial charge in [-0.15, -0.1) is 11.3 Å². The number of carbonyl (C=O) groups excluding carboxylic acids is 1. The molecule has 1 heterocycles. The van der Waals surface area contributed by atoms with Crippen LogP contribution in [0.5, 0.6) is 0 Å². The Hall–Kier alpha value is -0.650. The van der Waals surface area contributed by atoms with Gasteiger partial charge in [0.05, 0.1) is 12.0 Å². The molecule has 1 aromatic rings. The van der Waals surface area contributed by atoms with Gasteiger partial charge in [-0.1, -0.05) is 11.6 Å². The summed E-state index contributed by atoms with van der Waals surface area (Å²) in [5.41, 5.74) is 5.50. The number of hydrogen-bond donors (Lipinski definition) is 1. The zero-order valence-corrected chi connectivity index (χ0v) is 7.85. The number of carbonyl (C=O) groups is 1. The van der Waals surface area contributed by atoms with E-state index in [1.165, 1.54) is 24.6 Å². The van der Waals surface area contributed by atoms with Crippen LogP contribution in [-0.4, -0.2) is 18.1 Å². The van der Waals surface area contributed by atoms with E-state index in [1.54, 1.807) is 0 Å². The molecule has 2 N–H and O–H groups in total. The quantitative estimate of drug-likeness (QED) is 0.733. The van der Waals surface area contributed by atoms with Gasteiger partial charge in [-0.3, -0.25) is 0 Å². The highest BCUT2D eigenvalue weighted by atomic mass is 35.5. The fourth-order valence-electron chi connectivity index (χ4n) is 0.651. The van der Waals surface area contributed by atoms with Gasteiger partial charge in [0.25, 0.3) is 0 Å². The average molecular weight is 207 g/mol. The summed E-state index contributed by atoms with van der Waals surface area (Å²) >= 11 is 6.72. The van der Waals surface area contributed by atoms with Crippen LogP contribution in [0.15, 0.2) is 6.20 Å². The zero-order chi connectivity index (χ0) is 9.14. The molecule has 0 amide bonds. The summed E-state index contributed by atoms with van der Waals surface area (Å²) in [5, 5.41) is 0. The standard InChI is InChI=1S/C6H7ClN2O2S/c1-11-5(10)4(8)3-2-9-6(7)12-3/h2,4H,8H2,1H3. The maximum Gasteiger partial charge on any atom is 0.328 e. The lowest BCUT2D eigenvalue weighted by atomic mass is 10.3. The molecule has 12 heavy (non-hydrogen) atoms. The lowest BCUT2D eigenvalue weighted by Crippen LogP contribution is -2.21. The molecular formula is C6H7ClN2O2S. The van der Waals surface area contributed by atoms with Crippen LogP contribution in [0.3, 0.4) is 0 Å². The molecule has 0 aliphatic rings. The third-order valence-corrected chi connectivity index (χ3v) is 2.45. The fraction of sp³-hybridized carbons (Fsp3) is 0.333. The van der Waals surface area contributed by atoms with Crippen molar-refractivity contribution in [2.45, 2.75) is 6.04 Å². The van der Waals surface area contributed by atoms with E-state index in [9.17, 15) is 4.79 Å². The van der Waals surface area contributed by atoms with E-state index in [1.807, 2.05) is 0 Å². The summed E-state index contributed by atoms with van der Waals surface area (Å²) in [6.45, 7) is 0. The Morgan fingerprint density at radius 3 is 3.00 bits per heavy atom. The summed E-state index contributed by atoms with van der Waals surface area (Å²) in [6.07, 6.45) is 1.47. The van der Waals surface area contributed by atoms with Crippen molar-refractivity contribution >= 4 is 28.9 Å². The molecule has 1 unspecified atom stereocenters. The maximum atomic E-state index is 10.9. The van der Waals surface area contributed by atoms with E-state index in [0.29, 0.717) is 9.34 Å². The third-order valence-electron chi connectivity index (χ3n) is 1.26. The molecule has 0 saturated heterocycles. The SMILES string of the molecule is COC(=O)C(N)c1cnc(Cl)s1. The van der Waals surface area contributed by atoms with Gasteiger partial charge in [0.1, 0.15) is 6.04 Å². The minimum Gasteiger partial charge on any atom is -0.468 e. The van der Waals surface area contributed by atoms with Crippen molar-refractivity contribution in [3.8, 4) is 0 Å². The van der Waals surface area contributed by atoms with Crippen molar-refractivity contribution in [1.29, 1.82) is 0 Å². The lowest BCUT2D eigenvalue weighted by molar-refractivity contribution is -0.142. The first kappa shape index (κ1) is 9.44. The molecule has 1 aromatic heterocycles. The Kier molecular flexibility index (Phi) is 3.02. The second-order valence-electron chi connectivity index (χ2n) is 2.02. The molecule has 1 atom stereocenters. The Bertz CT molecular complexity index is 289. The molecule has 0 bridgehead atoms. The smallest absolute Gasteiger partial charge is 0.328 e. The highest BCUT2D eigenvalue weighted by Gasteiger charge is 2.18. The van der Waals surface area contributed by atoms with Gasteiger partial charge >= 0.3 is 5.97 Å². The maximum absolute atomic E-state index is 10.9. The molecule has 0 spiro atoms. The Labute approximate surface area is 78.3 Å². The van der Waals surface area contributed by atoms with E-state index >= 15 is 0 Å². The number of aromatic nitrogens is 1. The van der Waals surface area contributed by atoms with E-state index in [0.717, 1.165) is 0 Å². The Morgan fingerprint density at radius 2 is 2.58 bits per heavy atom. The first-order chi connectivity index (χ1) is 5.65. The number of halogens is 1. The number of thiazole rings is 1. The van der Waals surface area contributed by atoms with Crippen LogP contribution in [0.25, 0.3) is 0 Å². The fourth-order valence-corrected chi connectivity index (χ4v) is 1.60. The van der Waals surface area contributed by atoms with Crippen molar-refractivity contribution < 1.29 is 9.53 Å². The van der Waals surface area contributed by atoms with Gasteiger partial charge < -0.3 is 10.5 Å². The highest BCUT2D eigenvalue weighted by Crippen LogP contribution is 2.23. The van der Waals surface area contributed by atoms with Crippen molar-refractivity contribution in [2.24, 2.45) is 5.73 Å². The number of methoxy groups -OCH3 is 1. The molecule has 4 nitrogen and oxygen atoms in total. The van der Waals surface area contributed by atoms with E-state index in [-0.39, 0.29) is 0 Å². The molecule has 0 aliphatic heterocycles. The normalized spacial score (nSPS) is 12.6. The van der Waals surface area contributed by atoms with Crippen molar-refractivity contribution in [3.05, 3.63) is 15.5 Å².